The summed E-state index contributed by atoms with van der Waals surface area (Å²) in [6, 6.07) is 15.2. The predicted octanol–water partition coefficient (Wildman–Crippen LogP) is 3.26. The second-order valence-corrected chi connectivity index (χ2v) is 7.74. The second-order valence-electron chi connectivity index (χ2n) is 7.35. The number of carbonyl (C=O) groups excluding carboxylic acids is 1. The Labute approximate surface area is 190 Å². The molecule has 6 nitrogen and oxygen atoms in total. The van der Waals surface area contributed by atoms with Gasteiger partial charge in [-0.1, -0.05) is 30.3 Å². The number of nitrogens with zero attached hydrogens (tertiary/aromatic N) is 2. The van der Waals surface area contributed by atoms with Crippen LogP contribution in [0, 0.1) is 0 Å². The Morgan fingerprint density at radius 3 is 2.28 bits per heavy atom. The first-order valence-corrected chi connectivity index (χ1v) is 10.6. The van der Waals surface area contributed by atoms with E-state index in [0.717, 1.165) is 25.1 Å². The standard InChI is InChI=1S/C22H25F3N4O2S/c23-22(24,25)31-19-8-6-18(7-9-19)27-20(30)16-28-12-14-29(15-13-28)21(32)26-11-10-17-4-2-1-3-5-17/h1-9H,10-16H2,(H,26,32)(H,27,30). The number of rotatable bonds is 7. The van der Waals surface area contributed by atoms with E-state index in [-0.39, 0.29) is 18.2 Å². The van der Waals surface area contributed by atoms with Crippen LogP contribution in [0.1, 0.15) is 5.56 Å². The van der Waals surface area contributed by atoms with Crippen molar-refractivity contribution < 1.29 is 22.7 Å². The maximum atomic E-state index is 12.3. The topological polar surface area (TPSA) is 56.8 Å². The average molecular weight is 467 g/mol. The summed E-state index contributed by atoms with van der Waals surface area (Å²) in [5.74, 6) is -0.563. The number of thiocarbonyl (C=S) groups is 1. The van der Waals surface area contributed by atoms with Crippen molar-refractivity contribution in [2.24, 2.45) is 0 Å². The predicted molar refractivity (Wildman–Crippen MR) is 121 cm³/mol. The zero-order chi connectivity index (χ0) is 23.0. The summed E-state index contributed by atoms with van der Waals surface area (Å²) in [5, 5.41) is 6.69. The number of hydrogen-bond acceptors (Lipinski definition) is 4. The summed E-state index contributed by atoms with van der Waals surface area (Å²) < 4.78 is 40.4. The van der Waals surface area contributed by atoms with Gasteiger partial charge in [-0.3, -0.25) is 9.69 Å². The molecule has 2 aromatic rings. The van der Waals surface area contributed by atoms with E-state index in [4.69, 9.17) is 12.2 Å². The molecule has 172 valence electrons. The molecule has 0 aromatic heterocycles. The average Bonchev–Trinajstić information content (AvgIpc) is 2.75. The van der Waals surface area contributed by atoms with Gasteiger partial charge < -0.3 is 20.3 Å². The number of amides is 1. The molecule has 1 amide bonds. The molecule has 32 heavy (non-hydrogen) atoms. The quantitative estimate of drug-likeness (QED) is 0.611. The summed E-state index contributed by atoms with van der Waals surface area (Å²) in [7, 11) is 0. The third-order valence-electron chi connectivity index (χ3n) is 4.93. The molecule has 0 aliphatic carbocycles. The van der Waals surface area contributed by atoms with Crippen LogP contribution in [-0.4, -0.2) is 66.5 Å². The molecule has 1 fully saturated rings. The van der Waals surface area contributed by atoms with E-state index in [9.17, 15) is 18.0 Å². The van der Waals surface area contributed by atoms with Gasteiger partial charge in [0.15, 0.2) is 5.11 Å². The molecule has 3 rings (SSSR count). The number of ether oxygens (including phenoxy) is 1. The highest BCUT2D eigenvalue weighted by Gasteiger charge is 2.31. The van der Waals surface area contributed by atoms with E-state index >= 15 is 0 Å². The summed E-state index contributed by atoms with van der Waals surface area (Å²) in [6.07, 6.45) is -3.85. The van der Waals surface area contributed by atoms with Crippen molar-refractivity contribution in [1.82, 2.24) is 15.1 Å². The summed E-state index contributed by atoms with van der Waals surface area (Å²) in [6.45, 7) is 3.77. The van der Waals surface area contributed by atoms with Crippen molar-refractivity contribution >= 4 is 28.9 Å². The molecule has 1 saturated heterocycles. The van der Waals surface area contributed by atoms with Crippen LogP contribution >= 0.6 is 12.2 Å². The Balaban J connectivity index is 1.35. The van der Waals surface area contributed by atoms with Crippen molar-refractivity contribution in [1.29, 1.82) is 0 Å². The van der Waals surface area contributed by atoms with Crippen LogP contribution in [0.2, 0.25) is 0 Å². The summed E-state index contributed by atoms with van der Waals surface area (Å²) >= 11 is 5.48. The number of carbonyl (C=O) groups is 1. The Morgan fingerprint density at radius 1 is 1.00 bits per heavy atom. The highest BCUT2D eigenvalue weighted by Crippen LogP contribution is 2.23. The van der Waals surface area contributed by atoms with Gasteiger partial charge in [0.1, 0.15) is 5.75 Å². The number of hydrogen-bond donors (Lipinski definition) is 2. The second kappa shape index (κ2) is 11.1. The molecule has 0 bridgehead atoms. The van der Waals surface area contributed by atoms with Gasteiger partial charge in [-0.25, -0.2) is 0 Å². The number of anilines is 1. The van der Waals surface area contributed by atoms with Crippen LogP contribution in [0.3, 0.4) is 0 Å². The van der Waals surface area contributed by atoms with E-state index in [1.54, 1.807) is 0 Å². The molecule has 0 saturated carbocycles. The maximum absolute atomic E-state index is 12.3. The Bertz CT molecular complexity index is 886. The molecule has 0 spiro atoms. The van der Waals surface area contributed by atoms with Gasteiger partial charge in [-0.2, -0.15) is 0 Å². The third-order valence-corrected chi connectivity index (χ3v) is 5.33. The van der Waals surface area contributed by atoms with E-state index in [1.807, 2.05) is 23.1 Å². The van der Waals surface area contributed by atoms with Crippen LogP contribution < -0.4 is 15.4 Å². The number of alkyl halides is 3. The van der Waals surface area contributed by atoms with Gasteiger partial charge in [0.25, 0.3) is 0 Å². The molecule has 0 unspecified atom stereocenters. The SMILES string of the molecule is O=C(CN1CCN(C(=S)NCCc2ccccc2)CC1)Nc1ccc(OC(F)(F)F)cc1. The highest BCUT2D eigenvalue weighted by atomic mass is 32.1. The Kier molecular flexibility index (Phi) is 8.29. The van der Waals surface area contributed by atoms with Crippen LogP contribution in [0.4, 0.5) is 18.9 Å². The van der Waals surface area contributed by atoms with Gasteiger partial charge in [-0.05, 0) is 48.5 Å². The number of piperazine rings is 1. The summed E-state index contributed by atoms with van der Waals surface area (Å²) in [4.78, 5) is 16.4. The molecule has 1 aliphatic rings. The van der Waals surface area contributed by atoms with Crippen molar-refractivity contribution in [3.63, 3.8) is 0 Å². The van der Waals surface area contributed by atoms with Crippen molar-refractivity contribution in [2.45, 2.75) is 12.8 Å². The minimum Gasteiger partial charge on any atom is -0.406 e. The van der Waals surface area contributed by atoms with E-state index in [0.29, 0.717) is 37.0 Å². The Hall–Kier alpha value is -2.85. The molecular formula is C22H25F3N4O2S. The number of nitrogens with one attached hydrogen (secondary N) is 2. The zero-order valence-corrected chi connectivity index (χ0v) is 18.2. The smallest absolute Gasteiger partial charge is 0.406 e. The normalized spacial score (nSPS) is 14.7. The first-order chi connectivity index (χ1) is 15.3. The van der Waals surface area contributed by atoms with Crippen molar-refractivity contribution in [2.75, 3.05) is 44.6 Å². The lowest BCUT2D eigenvalue weighted by Gasteiger charge is -2.35. The molecule has 1 aliphatic heterocycles. The lowest BCUT2D eigenvalue weighted by molar-refractivity contribution is -0.274. The molecule has 1 heterocycles. The zero-order valence-electron chi connectivity index (χ0n) is 17.4. The molecular weight excluding hydrogens is 441 g/mol. The van der Waals surface area contributed by atoms with Crippen LogP contribution in [-0.2, 0) is 11.2 Å². The minimum atomic E-state index is -4.74. The molecule has 10 heteroatoms. The first kappa shape index (κ1) is 23.8. The lowest BCUT2D eigenvalue weighted by atomic mass is 10.1. The van der Waals surface area contributed by atoms with Gasteiger partial charge in [0.05, 0.1) is 6.54 Å². The van der Waals surface area contributed by atoms with E-state index in [2.05, 4.69) is 32.4 Å². The van der Waals surface area contributed by atoms with Crippen LogP contribution in [0.15, 0.2) is 54.6 Å². The lowest BCUT2D eigenvalue weighted by Crippen LogP contribution is -2.53. The fourth-order valence-corrected chi connectivity index (χ4v) is 3.61. The monoisotopic (exact) mass is 466 g/mol. The maximum Gasteiger partial charge on any atom is 0.573 e. The van der Waals surface area contributed by atoms with Gasteiger partial charge in [0.2, 0.25) is 5.91 Å². The van der Waals surface area contributed by atoms with Crippen LogP contribution in [0.25, 0.3) is 0 Å². The molecule has 0 radical (unpaired) electrons. The fourth-order valence-electron chi connectivity index (χ4n) is 3.32. The van der Waals surface area contributed by atoms with Crippen molar-refractivity contribution in [3.05, 3.63) is 60.2 Å². The minimum absolute atomic E-state index is 0.197. The fraction of sp³-hybridized carbons (Fsp3) is 0.364. The van der Waals surface area contributed by atoms with E-state index in [1.165, 1.54) is 17.7 Å². The molecule has 2 aromatic carbocycles. The molecule has 2 N–H and O–H groups in total. The van der Waals surface area contributed by atoms with Crippen molar-refractivity contribution in [3.8, 4) is 5.75 Å². The largest absolute Gasteiger partial charge is 0.573 e. The highest BCUT2D eigenvalue weighted by molar-refractivity contribution is 7.80. The third kappa shape index (κ3) is 8.01. The first-order valence-electron chi connectivity index (χ1n) is 10.2. The number of halogens is 3. The van der Waals surface area contributed by atoms with E-state index < -0.39 is 6.36 Å². The summed E-state index contributed by atoms with van der Waals surface area (Å²) in [5.41, 5.74) is 1.66. The van der Waals surface area contributed by atoms with Gasteiger partial charge >= 0.3 is 6.36 Å². The molecule has 0 atom stereocenters. The van der Waals surface area contributed by atoms with Gasteiger partial charge in [0, 0.05) is 38.4 Å². The van der Waals surface area contributed by atoms with Gasteiger partial charge in [-0.15, -0.1) is 13.2 Å². The Morgan fingerprint density at radius 2 is 1.66 bits per heavy atom. The van der Waals surface area contributed by atoms with Crippen LogP contribution in [0.5, 0.6) is 5.75 Å². The number of benzene rings is 2.